The molecule has 0 radical (unpaired) electrons. The second kappa shape index (κ2) is 7.22. The summed E-state index contributed by atoms with van der Waals surface area (Å²) in [5.74, 6) is -1.07. The lowest BCUT2D eigenvalue weighted by Crippen LogP contribution is -2.44. The highest BCUT2D eigenvalue weighted by Gasteiger charge is 2.41. The zero-order chi connectivity index (χ0) is 19.0. The van der Waals surface area contributed by atoms with E-state index in [9.17, 15) is 9.18 Å². The number of aromatic nitrogens is 1. The average molecular weight is 395 g/mol. The molecule has 0 unspecified atom stereocenters. The van der Waals surface area contributed by atoms with Gasteiger partial charge in [0.05, 0.1) is 23.8 Å². The summed E-state index contributed by atoms with van der Waals surface area (Å²) in [6, 6.07) is 4.30. The SMILES string of the molecule is Cc1onc(-c2c(F)cccc2Cl)c1C(=O)NC1CCC2(CC1)OCCO2. The first kappa shape index (κ1) is 18.4. The number of rotatable bonds is 3. The van der Waals surface area contributed by atoms with Gasteiger partial charge in [-0.3, -0.25) is 4.79 Å². The molecule has 1 saturated carbocycles. The quantitative estimate of drug-likeness (QED) is 0.855. The number of aryl methyl sites for hydroxylation is 1. The number of amides is 1. The van der Waals surface area contributed by atoms with Crippen LogP contribution in [-0.2, 0) is 9.47 Å². The fraction of sp³-hybridized carbons (Fsp3) is 0.474. The van der Waals surface area contributed by atoms with Crippen molar-refractivity contribution in [3.63, 3.8) is 0 Å². The van der Waals surface area contributed by atoms with E-state index in [0.29, 0.717) is 19.0 Å². The van der Waals surface area contributed by atoms with Crippen LogP contribution in [0.25, 0.3) is 11.3 Å². The molecule has 0 atom stereocenters. The van der Waals surface area contributed by atoms with Crippen LogP contribution in [0.3, 0.4) is 0 Å². The summed E-state index contributed by atoms with van der Waals surface area (Å²) in [6.07, 6.45) is 2.94. The molecule has 4 rings (SSSR count). The van der Waals surface area contributed by atoms with E-state index in [1.807, 2.05) is 0 Å². The molecular formula is C19H20ClFN2O4. The summed E-state index contributed by atoms with van der Waals surface area (Å²) < 4.78 is 30.9. The van der Waals surface area contributed by atoms with Crippen molar-refractivity contribution in [3.05, 3.63) is 40.4 Å². The number of hydrogen-bond donors (Lipinski definition) is 1. The number of benzene rings is 1. The Bertz CT molecular complexity index is 833. The van der Waals surface area contributed by atoms with Crippen molar-refractivity contribution in [1.29, 1.82) is 0 Å². The third-order valence-electron chi connectivity index (χ3n) is 5.19. The highest BCUT2D eigenvalue weighted by molar-refractivity contribution is 6.33. The number of carbonyl (C=O) groups excluding carboxylic acids is 1. The fourth-order valence-electron chi connectivity index (χ4n) is 3.78. The molecular weight excluding hydrogens is 375 g/mol. The first-order chi connectivity index (χ1) is 13.0. The Kier molecular flexibility index (Phi) is 4.92. The summed E-state index contributed by atoms with van der Waals surface area (Å²) in [5, 5.41) is 7.05. The molecule has 8 heteroatoms. The van der Waals surface area contributed by atoms with Crippen molar-refractivity contribution in [1.82, 2.24) is 10.5 Å². The van der Waals surface area contributed by atoms with Gasteiger partial charge in [-0.15, -0.1) is 0 Å². The van der Waals surface area contributed by atoms with Gasteiger partial charge >= 0.3 is 0 Å². The minimum absolute atomic E-state index is 0.0193. The van der Waals surface area contributed by atoms with E-state index >= 15 is 0 Å². The monoisotopic (exact) mass is 394 g/mol. The average Bonchev–Trinajstić information content (AvgIpc) is 3.24. The lowest BCUT2D eigenvalue weighted by molar-refractivity contribution is -0.179. The largest absolute Gasteiger partial charge is 0.360 e. The first-order valence-electron chi connectivity index (χ1n) is 8.98. The van der Waals surface area contributed by atoms with Gasteiger partial charge in [0.25, 0.3) is 5.91 Å². The topological polar surface area (TPSA) is 73.6 Å². The summed E-state index contributed by atoms with van der Waals surface area (Å²) in [4.78, 5) is 12.9. The second-order valence-electron chi connectivity index (χ2n) is 6.91. The van der Waals surface area contributed by atoms with Crippen LogP contribution in [0.5, 0.6) is 0 Å². The molecule has 0 bridgehead atoms. The minimum Gasteiger partial charge on any atom is -0.360 e. The van der Waals surface area contributed by atoms with Crippen molar-refractivity contribution >= 4 is 17.5 Å². The maximum Gasteiger partial charge on any atom is 0.257 e. The van der Waals surface area contributed by atoms with Crippen LogP contribution < -0.4 is 5.32 Å². The lowest BCUT2D eigenvalue weighted by Gasteiger charge is -2.35. The number of hydrogen-bond acceptors (Lipinski definition) is 5. The van der Waals surface area contributed by atoms with E-state index in [2.05, 4.69) is 10.5 Å². The van der Waals surface area contributed by atoms with Gasteiger partial charge in [-0.05, 0) is 31.9 Å². The zero-order valence-electron chi connectivity index (χ0n) is 14.9. The molecule has 1 aliphatic carbocycles. The van der Waals surface area contributed by atoms with Gasteiger partial charge in [-0.25, -0.2) is 4.39 Å². The van der Waals surface area contributed by atoms with E-state index in [-0.39, 0.29) is 33.8 Å². The molecule has 2 fully saturated rings. The highest BCUT2D eigenvalue weighted by Crippen LogP contribution is 2.37. The van der Waals surface area contributed by atoms with Gasteiger partial charge in [-0.1, -0.05) is 22.8 Å². The van der Waals surface area contributed by atoms with Crippen molar-refractivity contribution in [3.8, 4) is 11.3 Å². The van der Waals surface area contributed by atoms with Crippen LogP contribution in [0.15, 0.2) is 22.7 Å². The van der Waals surface area contributed by atoms with Crippen LogP contribution in [-0.4, -0.2) is 36.1 Å². The summed E-state index contributed by atoms with van der Waals surface area (Å²) in [6.45, 7) is 2.85. The molecule has 1 N–H and O–H groups in total. The predicted octanol–water partition coefficient (Wildman–Crippen LogP) is 3.86. The van der Waals surface area contributed by atoms with Gasteiger partial charge in [-0.2, -0.15) is 0 Å². The number of ether oxygens (including phenoxy) is 2. The molecule has 2 heterocycles. The Hall–Kier alpha value is -1.96. The van der Waals surface area contributed by atoms with Gasteiger partial charge in [0.15, 0.2) is 5.79 Å². The Morgan fingerprint density at radius 2 is 2.00 bits per heavy atom. The predicted molar refractivity (Wildman–Crippen MR) is 96.0 cm³/mol. The molecule has 2 aromatic rings. The number of carbonyl (C=O) groups is 1. The van der Waals surface area contributed by atoms with E-state index in [0.717, 1.165) is 25.7 Å². The molecule has 1 saturated heterocycles. The van der Waals surface area contributed by atoms with E-state index in [1.165, 1.54) is 12.1 Å². The molecule has 144 valence electrons. The molecule has 2 aliphatic rings. The van der Waals surface area contributed by atoms with Gasteiger partial charge < -0.3 is 19.3 Å². The fourth-order valence-corrected chi connectivity index (χ4v) is 4.03. The number of nitrogens with one attached hydrogen (secondary N) is 1. The van der Waals surface area contributed by atoms with Crippen LogP contribution in [0.4, 0.5) is 4.39 Å². The highest BCUT2D eigenvalue weighted by atomic mass is 35.5. The molecule has 1 aromatic carbocycles. The Labute approximate surface area is 160 Å². The summed E-state index contributed by atoms with van der Waals surface area (Å²) in [7, 11) is 0. The van der Waals surface area contributed by atoms with Crippen molar-refractivity contribution in [2.24, 2.45) is 0 Å². The van der Waals surface area contributed by atoms with Crippen LogP contribution in [0, 0.1) is 12.7 Å². The first-order valence-corrected chi connectivity index (χ1v) is 9.36. The minimum atomic E-state index is -0.556. The molecule has 1 amide bonds. The zero-order valence-corrected chi connectivity index (χ0v) is 15.6. The molecule has 1 aliphatic heterocycles. The van der Waals surface area contributed by atoms with Crippen LogP contribution in [0.1, 0.15) is 41.8 Å². The van der Waals surface area contributed by atoms with E-state index < -0.39 is 11.6 Å². The van der Waals surface area contributed by atoms with Crippen molar-refractivity contribution < 1.29 is 23.2 Å². The Morgan fingerprint density at radius 1 is 1.30 bits per heavy atom. The van der Waals surface area contributed by atoms with Gasteiger partial charge in [0.2, 0.25) is 0 Å². The smallest absolute Gasteiger partial charge is 0.257 e. The standard InChI is InChI=1S/C19H20ClFN2O4/c1-11-15(17(23-27-11)16-13(20)3-2-4-14(16)21)18(24)22-12-5-7-19(8-6-12)25-9-10-26-19/h2-4,12H,5-10H2,1H3,(H,22,24). The van der Waals surface area contributed by atoms with E-state index in [4.69, 9.17) is 25.6 Å². The molecule has 1 spiro atoms. The van der Waals surface area contributed by atoms with Crippen molar-refractivity contribution in [2.45, 2.75) is 44.4 Å². The second-order valence-corrected chi connectivity index (χ2v) is 7.32. The molecule has 27 heavy (non-hydrogen) atoms. The maximum absolute atomic E-state index is 14.3. The third kappa shape index (κ3) is 3.47. The third-order valence-corrected chi connectivity index (χ3v) is 5.50. The number of halogens is 2. The normalized spacial score (nSPS) is 19.5. The van der Waals surface area contributed by atoms with E-state index in [1.54, 1.807) is 13.0 Å². The van der Waals surface area contributed by atoms with Gasteiger partial charge in [0.1, 0.15) is 22.8 Å². The number of nitrogens with zero attached hydrogens (tertiary/aromatic N) is 1. The van der Waals surface area contributed by atoms with Crippen LogP contribution in [0.2, 0.25) is 5.02 Å². The maximum atomic E-state index is 14.3. The summed E-state index contributed by atoms with van der Waals surface area (Å²) in [5.41, 5.74) is 0.384. The van der Waals surface area contributed by atoms with Crippen LogP contribution >= 0.6 is 11.6 Å². The van der Waals surface area contributed by atoms with Gasteiger partial charge in [0, 0.05) is 18.9 Å². The lowest BCUT2D eigenvalue weighted by atomic mass is 9.89. The molecule has 6 nitrogen and oxygen atoms in total. The Morgan fingerprint density at radius 3 is 2.67 bits per heavy atom. The molecule has 1 aromatic heterocycles. The van der Waals surface area contributed by atoms with Crippen molar-refractivity contribution in [2.75, 3.05) is 13.2 Å². The Balaban J connectivity index is 1.52. The summed E-state index contributed by atoms with van der Waals surface area (Å²) >= 11 is 6.13.